The molecule has 1 aromatic heterocycles. The van der Waals surface area contributed by atoms with E-state index in [-0.39, 0.29) is 6.04 Å². The van der Waals surface area contributed by atoms with Gasteiger partial charge in [0.1, 0.15) is 5.82 Å². The van der Waals surface area contributed by atoms with E-state index in [9.17, 15) is 0 Å². The molecule has 0 aliphatic heterocycles. The smallest absolute Gasteiger partial charge is 0.145 e. The molecule has 3 heteroatoms. The lowest BCUT2D eigenvalue weighted by atomic mass is 9.74. The Kier molecular flexibility index (Phi) is 3.79. The molecule has 0 fully saturated rings. The normalized spacial score (nSPS) is 18.2. The molecule has 0 saturated heterocycles. The minimum atomic E-state index is 0.249. The van der Waals surface area contributed by atoms with Crippen LogP contribution in [0.25, 0.3) is 0 Å². The van der Waals surface area contributed by atoms with Crippen molar-refractivity contribution >= 4 is 0 Å². The molecule has 0 spiro atoms. The highest BCUT2D eigenvalue weighted by molar-refractivity contribution is 5.40. The van der Waals surface area contributed by atoms with Gasteiger partial charge < -0.3 is 5.32 Å². The maximum absolute atomic E-state index is 4.49. The molecule has 1 N–H and O–H groups in total. The van der Waals surface area contributed by atoms with E-state index in [1.54, 1.807) is 0 Å². The Balaban J connectivity index is 1.74. The van der Waals surface area contributed by atoms with Gasteiger partial charge >= 0.3 is 0 Å². The first-order valence-corrected chi connectivity index (χ1v) is 7.37. The molecule has 20 heavy (non-hydrogen) atoms. The Morgan fingerprint density at radius 2 is 2.00 bits per heavy atom. The molecule has 0 saturated carbocycles. The van der Waals surface area contributed by atoms with E-state index < -0.39 is 0 Å². The van der Waals surface area contributed by atoms with Crippen LogP contribution < -0.4 is 5.32 Å². The molecule has 2 aromatic rings. The second-order valence-corrected chi connectivity index (χ2v) is 5.56. The fraction of sp³-hybridized carbons (Fsp3) is 0.412. The van der Waals surface area contributed by atoms with E-state index in [0.29, 0.717) is 5.92 Å². The van der Waals surface area contributed by atoms with Crippen LogP contribution in [0.15, 0.2) is 36.7 Å². The van der Waals surface area contributed by atoms with Gasteiger partial charge in [-0.15, -0.1) is 0 Å². The van der Waals surface area contributed by atoms with Crippen LogP contribution in [0, 0.1) is 6.92 Å². The van der Waals surface area contributed by atoms with Gasteiger partial charge in [-0.05, 0) is 48.9 Å². The molecule has 0 amide bonds. The third-order valence-electron chi connectivity index (χ3n) is 4.04. The summed E-state index contributed by atoms with van der Waals surface area (Å²) >= 11 is 0. The van der Waals surface area contributed by atoms with Crippen LogP contribution >= 0.6 is 0 Å². The molecule has 3 rings (SSSR count). The standard InChI is InChI=1S/C17H21N3/c1-3-18-16(17-19-10-12(2)11-20-17)9-14-8-13-6-4-5-7-15(13)14/h4-7,10-11,14,16,18H,3,8-9H2,1-2H3. The zero-order chi connectivity index (χ0) is 13.9. The van der Waals surface area contributed by atoms with Gasteiger partial charge in [-0.2, -0.15) is 0 Å². The number of aryl methyl sites for hydroxylation is 1. The van der Waals surface area contributed by atoms with Crippen molar-refractivity contribution in [2.45, 2.75) is 38.6 Å². The van der Waals surface area contributed by atoms with E-state index in [1.165, 1.54) is 17.5 Å². The highest BCUT2D eigenvalue weighted by Crippen LogP contribution is 2.40. The summed E-state index contributed by atoms with van der Waals surface area (Å²) < 4.78 is 0. The minimum Gasteiger partial charge on any atom is -0.308 e. The van der Waals surface area contributed by atoms with Gasteiger partial charge in [-0.1, -0.05) is 31.2 Å². The highest BCUT2D eigenvalue weighted by Gasteiger charge is 2.29. The molecule has 3 nitrogen and oxygen atoms in total. The molecule has 2 unspecified atom stereocenters. The van der Waals surface area contributed by atoms with E-state index in [4.69, 9.17) is 0 Å². The Bertz CT molecular complexity index is 577. The summed E-state index contributed by atoms with van der Waals surface area (Å²) in [6.45, 7) is 5.10. The zero-order valence-corrected chi connectivity index (χ0v) is 12.1. The molecule has 1 aliphatic rings. The molecule has 1 aromatic carbocycles. The number of nitrogens with zero attached hydrogens (tertiary/aromatic N) is 2. The monoisotopic (exact) mass is 267 g/mol. The summed E-state index contributed by atoms with van der Waals surface area (Å²) in [5.74, 6) is 1.56. The average molecular weight is 267 g/mol. The largest absolute Gasteiger partial charge is 0.308 e. The van der Waals surface area contributed by atoms with Crippen molar-refractivity contribution < 1.29 is 0 Å². The SMILES string of the molecule is CCNC(CC1Cc2ccccc21)c1ncc(C)cn1. The van der Waals surface area contributed by atoms with Gasteiger partial charge in [-0.25, -0.2) is 9.97 Å². The number of fused-ring (bicyclic) bond motifs is 1. The predicted molar refractivity (Wildman–Crippen MR) is 80.7 cm³/mol. The summed E-state index contributed by atoms with van der Waals surface area (Å²) in [6.07, 6.45) is 6.07. The van der Waals surface area contributed by atoms with E-state index in [2.05, 4.69) is 46.5 Å². The zero-order valence-electron chi connectivity index (χ0n) is 12.1. The fourth-order valence-corrected chi connectivity index (χ4v) is 2.97. The van der Waals surface area contributed by atoms with Crippen molar-refractivity contribution in [2.24, 2.45) is 0 Å². The molecule has 104 valence electrons. The Labute approximate surface area is 120 Å². The predicted octanol–water partition coefficient (Wildman–Crippen LogP) is 3.17. The van der Waals surface area contributed by atoms with Crippen LogP contribution in [0.1, 0.15) is 47.8 Å². The van der Waals surface area contributed by atoms with Gasteiger partial charge in [0, 0.05) is 12.4 Å². The van der Waals surface area contributed by atoms with Crippen molar-refractivity contribution in [3.8, 4) is 0 Å². The molecule has 1 aliphatic carbocycles. The van der Waals surface area contributed by atoms with Crippen molar-refractivity contribution in [3.05, 3.63) is 59.2 Å². The first-order chi connectivity index (χ1) is 9.78. The van der Waals surface area contributed by atoms with Gasteiger partial charge in [0.15, 0.2) is 0 Å². The Morgan fingerprint density at radius 3 is 2.70 bits per heavy atom. The maximum atomic E-state index is 4.49. The van der Waals surface area contributed by atoms with Crippen molar-refractivity contribution in [1.29, 1.82) is 0 Å². The number of aromatic nitrogens is 2. The van der Waals surface area contributed by atoms with Crippen LogP contribution in [-0.2, 0) is 6.42 Å². The molecule has 2 atom stereocenters. The lowest BCUT2D eigenvalue weighted by molar-refractivity contribution is 0.420. The van der Waals surface area contributed by atoms with Crippen LogP contribution in [0.3, 0.4) is 0 Å². The van der Waals surface area contributed by atoms with Gasteiger partial charge in [0.25, 0.3) is 0 Å². The molecular weight excluding hydrogens is 246 g/mol. The van der Waals surface area contributed by atoms with Crippen LogP contribution in [0.2, 0.25) is 0 Å². The van der Waals surface area contributed by atoms with Crippen molar-refractivity contribution in [3.63, 3.8) is 0 Å². The summed E-state index contributed by atoms with van der Waals surface area (Å²) in [7, 11) is 0. The van der Waals surface area contributed by atoms with Crippen molar-refractivity contribution in [1.82, 2.24) is 15.3 Å². The van der Waals surface area contributed by atoms with Gasteiger partial charge in [0.05, 0.1) is 6.04 Å². The third kappa shape index (κ3) is 2.59. The van der Waals surface area contributed by atoms with E-state index in [0.717, 1.165) is 24.4 Å². The minimum absolute atomic E-state index is 0.249. The van der Waals surface area contributed by atoms with Crippen LogP contribution in [-0.4, -0.2) is 16.5 Å². The van der Waals surface area contributed by atoms with E-state index in [1.807, 2.05) is 19.3 Å². The molecule has 0 bridgehead atoms. The number of benzene rings is 1. The molecule has 0 radical (unpaired) electrons. The third-order valence-corrected chi connectivity index (χ3v) is 4.04. The first-order valence-electron chi connectivity index (χ1n) is 7.37. The van der Waals surface area contributed by atoms with Crippen molar-refractivity contribution in [2.75, 3.05) is 6.54 Å². The molecular formula is C17H21N3. The summed E-state index contributed by atoms with van der Waals surface area (Å²) in [5, 5.41) is 3.52. The second kappa shape index (κ2) is 5.71. The average Bonchev–Trinajstić information content (AvgIpc) is 2.44. The van der Waals surface area contributed by atoms with Crippen LogP contribution in [0.5, 0.6) is 0 Å². The topological polar surface area (TPSA) is 37.8 Å². The second-order valence-electron chi connectivity index (χ2n) is 5.56. The quantitative estimate of drug-likeness (QED) is 0.904. The first kappa shape index (κ1) is 13.3. The lowest BCUT2D eigenvalue weighted by Crippen LogP contribution is -2.28. The van der Waals surface area contributed by atoms with Crippen LogP contribution in [0.4, 0.5) is 0 Å². The molecule has 1 heterocycles. The Hall–Kier alpha value is -1.74. The summed E-state index contributed by atoms with van der Waals surface area (Å²) in [5.41, 5.74) is 4.11. The van der Waals surface area contributed by atoms with Gasteiger partial charge in [-0.3, -0.25) is 0 Å². The Morgan fingerprint density at radius 1 is 1.25 bits per heavy atom. The fourth-order valence-electron chi connectivity index (χ4n) is 2.97. The number of hydrogen-bond acceptors (Lipinski definition) is 3. The maximum Gasteiger partial charge on any atom is 0.145 e. The number of rotatable bonds is 5. The highest BCUT2D eigenvalue weighted by atomic mass is 15.0. The lowest BCUT2D eigenvalue weighted by Gasteiger charge is -2.32. The summed E-state index contributed by atoms with van der Waals surface area (Å²) in [6, 6.07) is 8.99. The number of nitrogens with one attached hydrogen (secondary N) is 1. The summed E-state index contributed by atoms with van der Waals surface area (Å²) in [4.78, 5) is 8.98. The number of hydrogen-bond donors (Lipinski definition) is 1. The van der Waals surface area contributed by atoms with Gasteiger partial charge in [0.2, 0.25) is 0 Å². The van der Waals surface area contributed by atoms with E-state index >= 15 is 0 Å².